The third kappa shape index (κ3) is 3.65. The molecule has 2 aromatic heterocycles. The van der Waals surface area contributed by atoms with E-state index in [4.69, 9.17) is 0 Å². The summed E-state index contributed by atoms with van der Waals surface area (Å²) in [4.78, 5) is 32.5. The Balaban J connectivity index is 1.41. The van der Waals surface area contributed by atoms with E-state index in [0.29, 0.717) is 24.2 Å². The number of carbonyl (C=O) groups excluding carboxylic acids is 1. The first kappa shape index (κ1) is 21.5. The summed E-state index contributed by atoms with van der Waals surface area (Å²) in [7, 11) is 1.87. The Morgan fingerprint density at radius 1 is 1.18 bits per heavy atom. The van der Waals surface area contributed by atoms with Crippen molar-refractivity contribution in [2.24, 2.45) is 11.8 Å². The van der Waals surface area contributed by atoms with Gasteiger partial charge in [0.15, 0.2) is 0 Å². The van der Waals surface area contributed by atoms with Gasteiger partial charge in [-0.15, -0.1) is 0 Å². The van der Waals surface area contributed by atoms with Crippen molar-refractivity contribution in [1.29, 1.82) is 0 Å². The van der Waals surface area contributed by atoms with Gasteiger partial charge in [0.1, 0.15) is 5.82 Å². The van der Waals surface area contributed by atoms with Crippen molar-refractivity contribution in [1.82, 2.24) is 19.8 Å². The molecule has 33 heavy (non-hydrogen) atoms. The van der Waals surface area contributed by atoms with E-state index in [9.17, 15) is 19.1 Å². The van der Waals surface area contributed by atoms with Crippen LogP contribution >= 0.6 is 0 Å². The van der Waals surface area contributed by atoms with Gasteiger partial charge in [0.05, 0.1) is 24.3 Å². The molecule has 2 aliphatic rings. The Bertz CT molecular complexity index is 1230. The van der Waals surface area contributed by atoms with Crippen molar-refractivity contribution in [3.05, 3.63) is 88.4 Å². The molecule has 0 bridgehead atoms. The second-order valence-corrected chi connectivity index (χ2v) is 8.70. The lowest BCUT2D eigenvalue weighted by molar-refractivity contribution is -0.127. The molecule has 4 atom stereocenters. The number of nitrogens with zero attached hydrogens (tertiary/aromatic N) is 3. The largest absolute Gasteiger partial charge is 0.396 e. The van der Waals surface area contributed by atoms with E-state index >= 15 is 0 Å². The third-order valence-electron chi connectivity index (χ3n) is 6.95. The lowest BCUT2D eigenvalue weighted by Crippen LogP contribution is -2.46. The number of pyridine rings is 2. The Hall–Kier alpha value is -3.36. The predicted molar refractivity (Wildman–Crippen MR) is 121 cm³/mol. The number of hydrogen-bond donors (Lipinski definition) is 2. The second-order valence-electron chi connectivity index (χ2n) is 8.70. The molecule has 1 saturated heterocycles. The summed E-state index contributed by atoms with van der Waals surface area (Å²) in [5, 5.41) is 13.1. The van der Waals surface area contributed by atoms with Gasteiger partial charge in [-0.25, -0.2) is 4.39 Å². The van der Waals surface area contributed by atoms with Crippen LogP contribution in [0.3, 0.4) is 0 Å². The number of likely N-dealkylation sites (N-methyl/N-ethyl adjacent to an activating group) is 1. The highest BCUT2D eigenvalue weighted by molar-refractivity contribution is 5.82. The standard InChI is InChI=1S/C25H25FN4O3/c1-29-22-19(20(14-31)23(29)24(32)28-12-17-4-2-3-11-27-17)13-30-21(22)10-9-18(25(30)33)15-5-7-16(26)8-6-15/h2-11,19-20,22-23,31H,12-14H2,1H3,(H,28,32)/t19-,20-,22+,23-/m0/s1. The molecule has 0 radical (unpaired) electrons. The van der Waals surface area contributed by atoms with Crippen LogP contribution in [0, 0.1) is 17.7 Å². The molecule has 1 amide bonds. The number of halogens is 1. The number of aromatic nitrogens is 2. The molecule has 2 aliphatic heterocycles. The Morgan fingerprint density at radius 3 is 2.67 bits per heavy atom. The van der Waals surface area contributed by atoms with Gasteiger partial charge in [-0.1, -0.05) is 18.2 Å². The van der Waals surface area contributed by atoms with Gasteiger partial charge in [-0.2, -0.15) is 0 Å². The summed E-state index contributed by atoms with van der Waals surface area (Å²) in [6, 6.07) is 14.4. The van der Waals surface area contributed by atoms with Crippen LogP contribution in [0.5, 0.6) is 0 Å². The summed E-state index contributed by atoms with van der Waals surface area (Å²) in [5.74, 6) is -0.887. The zero-order valence-electron chi connectivity index (χ0n) is 18.2. The fraction of sp³-hybridized carbons (Fsp3) is 0.320. The molecule has 0 spiro atoms. The van der Waals surface area contributed by atoms with E-state index in [-0.39, 0.29) is 41.8 Å². The molecule has 0 aliphatic carbocycles. The number of rotatable bonds is 5. The zero-order valence-corrected chi connectivity index (χ0v) is 18.2. The van der Waals surface area contributed by atoms with E-state index in [1.54, 1.807) is 29.0 Å². The highest BCUT2D eigenvalue weighted by Crippen LogP contribution is 2.48. The van der Waals surface area contributed by atoms with E-state index in [0.717, 1.165) is 11.4 Å². The number of amides is 1. The van der Waals surface area contributed by atoms with Crippen LogP contribution in [0.25, 0.3) is 11.1 Å². The topological polar surface area (TPSA) is 87.5 Å². The third-order valence-corrected chi connectivity index (χ3v) is 6.95. The average Bonchev–Trinajstić information content (AvgIpc) is 3.34. The Kier molecular flexibility index (Phi) is 5.55. The minimum Gasteiger partial charge on any atom is -0.396 e. The quantitative estimate of drug-likeness (QED) is 0.623. The molecule has 170 valence electrons. The van der Waals surface area contributed by atoms with Crippen LogP contribution in [0.4, 0.5) is 4.39 Å². The van der Waals surface area contributed by atoms with Crippen LogP contribution in [0.1, 0.15) is 17.4 Å². The molecule has 4 heterocycles. The summed E-state index contributed by atoms with van der Waals surface area (Å²) in [6.07, 6.45) is 1.68. The first-order valence-corrected chi connectivity index (χ1v) is 11.0. The monoisotopic (exact) mass is 448 g/mol. The molecule has 0 saturated carbocycles. The maximum atomic E-state index is 13.3. The van der Waals surface area contributed by atoms with Gasteiger partial charge in [-0.3, -0.25) is 19.5 Å². The lowest BCUT2D eigenvalue weighted by Gasteiger charge is -2.27. The molecule has 0 unspecified atom stereocenters. The van der Waals surface area contributed by atoms with Crippen LogP contribution < -0.4 is 10.9 Å². The van der Waals surface area contributed by atoms with E-state index in [2.05, 4.69) is 10.3 Å². The number of carbonyl (C=O) groups is 1. The van der Waals surface area contributed by atoms with Crippen molar-refractivity contribution in [3.8, 4) is 11.1 Å². The van der Waals surface area contributed by atoms with Crippen LogP contribution in [0.2, 0.25) is 0 Å². The molecule has 5 rings (SSSR count). The number of aliphatic hydroxyl groups is 1. The molecule has 7 nitrogen and oxygen atoms in total. The molecule has 3 aromatic rings. The number of aliphatic hydroxyl groups excluding tert-OH is 1. The number of hydrogen-bond acceptors (Lipinski definition) is 5. The lowest BCUT2D eigenvalue weighted by atomic mass is 9.88. The molecular weight excluding hydrogens is 423 g/mol. The van der Waals surface area contributed by atoms with Crippen molar-refractivity contribution < 1.29 is 14.3 Å². The van der Waals surface area contributed by atoms with E-state index in [1.807, 2.05) is 36.2 Å². The summed E-state index contributed by atoms with van der Waals surface area (Å²) in [5.41, 5.74) is 2.61. The Morgan fingerprint density at radius 2 is 1.97 bits per heavy atom. The van der Waals surface area contributed by atoms with Crippen LogP contribution in [0.15, 0.2) is 65.6 Å². The molecule has 8 heteroatoms. The molecular formula is C25H25FN4O3. The highest BCUT2D eigenvalue weighted by Gasteiger charge is 2.54. The zero-order chi connectivity index (χ0) is 23.1. The van der Waals surface area contributed by atoms with Gasteiger partial charge in [-0.05, 0) is 49.0 Å². The number of likely N-dealkylation sites (tertiary alicyclic amines) is 1. The molecule has 1 fully saturated rings. The van der Waals surface area contributed by atoms with Crippen molar-refractivity contribution >= 4 is 5.91 Å². The maximum Gasteiger partial charge on any atom is 0.258 e. The van der Waals surface area contributed by atoms with Gasteiger partial charge >= 0.3 is 0 Å². The van der Waals surface area contributed by atoms with E-state index in [1.165, 1.54) is 12.1 Å². The summed E-state index contributed by atoms with van der Waals surface area (Å²) >= 11 is 0. The normalized spacial score (nSPS) is 23.8. The van der Waals surface area contributed by atoms with Gasteiger partial charge < -0.3 is 15.0 Å². The van der Waals surface area contributed by atoms with E-state index < -0.39 is 6.04 Å². The van der Waals surface area contributed by atoms with Crippen molar-refractivity contribution in [2.75, 3.05) is 13.7 Å². The SMILES string of the molecule is CN1[C@H](C(=O)NCc2ccccn2)[C@@H](CO)[C@@H]2Cn3c(ccc(-c4ccc(F)cc4)c3=O)[C@@H]21. The minimum absolute atomic E-state index is 0.0678. The molecule has 2 N–H and O–H groups in total. The van der Waals surface area contributed by atoms with Crippen LogP contribution in [-0.2, 0) is 17.9 Å². The fourth-order valence-electron chi connectivity index (χ4n) is 5.41. The first-order chi connectivity index (χ1) is 16.0. The average molecular weight is 448 g/mol. The number of nitrogens with one attached hydrogen (secondary N) is 1. The minimum atomic E-state index is -0.505. The first-order valence-electron chi connectivity index (χ1n) is 11.0. The van der Waals surface area contributed by atoms with Gasteiger partial charge in [0, 0.05) is 42.4 Å². The maximum absolute atomic E-state index is 13.3. The Labute approximate surface area is 190 Å². The second kappa shape index (κ2) is 8.53. The van der Waals surface area contributed by atoms with Gasteiger partial charge in [0.25, 0.3) is 5.56 Å². The predicted octanol–water partition coefficient (Wildman–Crippen LogP) is 1.96. The van der Waals surface area contributed by atoms with Gasteiger partial charge in [0.2, 0.25) is 5.91 Å². The highest BCUT2D eigenvalue weighted by atomic mass is 19.1. The summed E-state index contributed by atoms with van der Waals surface area (Å²) < 4.78 is 15.0. The van der Waals surface area contributed by atoms with Crippen molar-refractivity contribution in [2.45, 2.75) is 25.2 Å². The fourth-order valence-corrected chi connectivity index (χ4v) is 5.41. The summed E-state index contributed by atoms with van der Waals surface area (Å²) in [6.45, 7) is 0.586. The van der Waals surface area contributed by atoms with Crippen LogP contribution in [-0.4, -0.2) is 45.2 Å². The van der Waals surface area contributed by atoms with Crippen molar-refractivity contribution in [3.63, 3.8) is 0 Å². The number of benzene rings is 1. The number of fused-ring (bicyclic) bond motifs is 3. The molecule has 1 aromatic carbocycles. The smallest absolute Gasteiger partial charge is 0.258 e.